The number of aromatic nitrogens is 2. The smallest absolute Gasteiger partial charge is 0.249 e. The van der Waals surface area contributed by atoms with Crippen molar-refractivity contribution < 1.29 is 4.39 Å². The number of pyridine rings is 2. The summed E-state index contributed by atoms with van der Waals surface area (Å²) in [6.45, 7) is 0. The molecular weight excluding hydrogens is 159 g/mol. The van der Waals surface area contributed by atoms with Gasteiger partial charge in [0.15, 0.2) is 0 Å². The minimum absolute atomic E-state index is 0.235. The number of hydrogen-bond acceptors (Lipinski definition) is 2. The van der Waals surface area contributed by atoms with E-state index in [0.717, 1.165) is 6.20 Å². The molecule has 0 aliphatic rings. The molecule has 1 N–H and O–H groups in total. The van der Waals surface area contributed by atoms with Crippen LogP contribution in [-0.2, 0) is 0 Å². The molecule has 0 fully saturated rings. The Kier molecular flexibility index (Phi) is 1.40. The fourth-order valence-corrected chi connectivity index (χ4v) is 1.01. The van der Waals surface area contributed by atoms with Crippen molar-refractivity contribution >= 4 is 11.0 Å². The van der Waals surface area contributed by atoms with E-state index >= 15 is 0 Å². The molecule has 60 valence electrons. The molecule has 0 amide bonds. The van der Waals surface area contributed by atoms with Gasteiger partial charge in [0.2, 0.25) is 5.56 Å². The Labute approximate surface area is 66.9 Å². The molecular formula is C8H5FN2O. The van der Waals surface area contributed by atoms with Crippen LogP contribution in [0, 0.1) is 5.82 Å². The Morgan fingerprint density at radius 2 is 2.25 bits per heavy atom. The second kappa shape index (κ2) is 2.41. The monoisotopic (exact) mass is 164 g/mol. The minimum Gasteiger partial charge on any atom is -0.307 e. The highest BCUT2D eigenvalue weighted by Crippen LogP contribution is 2.06. The van der Waals surface area contributed by atoms with Crippen molar-refractivity contribution in [2.75, 3.05) is 0 Å². The summed E-state index contributed by atoms with van der Waals surface area (Å²) in [5.74, 6) is -0.408. The number of halogens is 1. The third-order valence-corrected chi connectivity index (χ3v) is 1.54. The normalized spacial score (nSPS) is 10.4. The summed E-state index contributed by atoms with van der Waals surface area (Å²) in [4.78, 5) is 17.0. The van der Waals surface area contributed by atoms with Crippen molar-refractivity contribution in [3.8, 4) is 0 Å². The summed E-state index contributed by atoms with van der Waals surface area (Å²) in [6, 6.07) is 4.19. The van der Waals surface area contributed by atoms with E-state index in [1.54, 1.807) is 0 Å². The molecule has 0 aromatic carbocycles. The first-order valence-electron chi connectivity index (χ1n) is 3.40. The number of nitrogens with zero attached hydrogens (tertiary/aromatic N) is 1. The fourth-order valence-electron chi connectivity index (χ4n) is 1.01. The van der Waals surface area contributed by atoms with E-state index in [2.05, 4.69) is 9.97 Å². The van der Waals surface area contributed by atoms with Gasteiger partial charge in [-0.25, -0.2) is 9.37 Å². The maximum atomic E-state index is 12.6. The predicted molar refractivity (Wildman–Crippen MR) is 42.3 cm³/mol. The standard InChI is InChI=1S/C8H5FN2O/c9-6-3-5-1-2-7(12)11-8(5)10-4-6/h1-4H,(H,10,11,12). The van der Waals surface area contributed by atoms with Gasteiger partial charge in [0, 0.05) is 11.5 Å². The Balaban J connectivity index is 2.87. The molecule has 3 nitrogen and oxygen atoms in total. The molecule has 2 aromatic heterocycles. The molecule has 0 atom stereocenters. The zero-order valence-electron chi connectivity index (χ0n) is 6.04. The van der Waals surface area contributed by atoms with Crippen LogP contribution in [0.25, 0.3) is 11.0 Å². The number of H-pyrrole nitrogens is 1. The van der Waals surface area contributed by atoms with Gasteiger partial charge < -0.3 is 4.98 Å². The highest BCUT2D eigenvalue weighted by Gasteiger charge is 1.96. The van der Waals surface area contributed by atoms with Crippen LogP contribution < -0.4 is 5.56 Å². The molecule has 0 unspecified atom stereocenters. The van der Waals surface area contributed by atoms with Crippen LogP contribution in [0.15, 0.2) is 29.2 Å². The second-order valence-corrected chi connectivity index (χ2v) is 2.41. The Bertz CT molecular complexity index is 478. The molecule has 0 radical (unpaired) electrons. The lowest BCUT2D eigenvalue weighted by molar-refractivity contribution is 0.624. The molecule has 4 heteroatoms. The third kappa shape index (κ3) is 1.07. The maximum Gasteiger partial charge on any atom is 0.249 e. The van der Waals surface area contributed by atoms with Gasteiger partial charge in [0.25, 0.3) is 0 Å². The van der Waals surface area contributed by atoms with Crippen LogP contribution in [0.3, 0.4) is 0 Å². The first kappa shape index (κ1) is 6.97. The molecule has 2 aromatic rings. The van der Waals surface area contributed by atoms with E-state index in [1.165, 1.54) is 18.2 Å². The molecule has 0 spiro atoms. The molecule has 0 aliphatic heterocycles. The van der Waals surface area contributed by atoms with Gasteiger partial charge in [-0.2, -0.15) is 0 Å². The van der Waals surface area contributed by atoms with Crippen molar-refractivity contribution in [2.45, 2.75) is 0 Å². The summed E-state index contributed by atoms with van der Waals surface area (Å²) in [7, 11) is 0. The van der Waals surface area contributed by atoms with Gasteiger partial charge in [-0.05, 0) is 12.1 Å². The van der Waals surface area contributed by atoms with Crippen molar-refractivity contribution in [1.82, 2.24) is 9.97 Å². The van der Waals surface area contributed by atoms with E-state index in [-0.39, 0.29) is 5.56 Å². The van der Waals surface area contributed by atoms with Crippen molar-refractivity contribution in [2.24, 2.45) is 0 Å². The number of hydrogen-bond donors (Lipinski definition) is 1. The predicted octanol–water partition coefficient (Wildman–Crippen LogP) is 1.06. The van der Waals surface area contributed by atoms with E-state index in [0.29, 0.717) is 11.0 Å². The first-order chi connectivity index (χ1) is 5.75. The van der Waals surface area contributed by atoms with E-state index in [9.17, 15) is 9.18 Å². The second-order valence-electron chi connectivity index (χ2n) is 2.41. The molecule has 0 aliphatic carbocycles. The van der Waals surface area contributed by atoms with Crippen LogP contribution >= 0.6 is 0 Å². The van der Waals surface area contributed by atoms with Crippen molar-refractivity contribution in [1.29, 1.82) is 0 Å². The topological polar surface area (TPSA) is 45.8 Å². The molecule has 0 bridgehead atoms. The SMILES string of the molecule is O=c1ccc2cc(F)cnc2[nH]1. The highest BCUT2D eigenvalue weighted by atomic mass is 19.1. The lowest BCUT2D eigenvalue weighted by Crippen LogP contribution is -2.03. The van der Waals surface area contributed by atoms with E-state index in [4.69, 9.17) is 0 Å². The Morgan fingerprint density at radius 3 is 3.08 bits per heavy atom. The lowest BCUT2D eigenvalue weighted by Gasteiger charge is -1.94. The van der Waals surface area contributed by atoms with Crippen LogP contribution in [0.2, 0.25) is 0 Å². The van der Waals surface area contributed by atoms with E-state index < -0.39 is 5.82 Å². The molecule has 0 saturated heterocycles. The summed E-state index contributed by atoms with van der Waals surface area (Å²) in [5.41, 5.74) is 0.172. The van der Waals surface area contributed by atoms with Gasteiger partial charge in [-0.3, -0.25) is 4.79 Å². The molecule has 2 rings (SSSR count). The third-order valence-electron chi connectivity index (χ3n) is 1.54. The van der Waals surface area contributed by atoms with Gasteiger partial charge in [-0.15, -0.1) is 0 Å². The average Bonchev–Trinajstić information content (AvgIpc) is 2.05. The van der Waals surface area contributed by atoms with Crippen LogP contribution in [0.5, 0.6) is 0 Å². The van der Waals surface area contributed by atoms with Crippen molar-refractivity contribution in [3.63, 3.8) is 0 Å². The lowest BCUT2D eigenvalue weighted by atomic mass is 10.3. The zero-order chi connectivity index (χ0) is 8.55. The summed E-state index contributed by atoms with van der Waals surface area (Å²) < 4.78 is 12.6. The quantitative estimate of drug-likeness (QED) is 0.632. The van der Waals surface area contributed by atoms with Crippen LogP contribution in [-0.4, -0.2) is 9.97 Å². The first-order valence-corrected chi connectivity index (χ1v) is 3.40. The number of nitrogens with one attached hydrogen (secondary N) is 1. The zero-order valence-corrected chi connectivity index (χ0v) is 6.04. The molecule has 12 heavy (non-hydrogen) atoms. The van der Waals surface area contributed by atoms with Crippen LogP contribution in [0.4, 0.5) is 4.39 Å². The molecule has 0 saturated carbocycles. The highest BCUT2D eigenvalue weighted by molar-refractivity contribution is 5.73. The fraction of sp³-hybridized carbons (Fsp3) is 0. The molecule has 2 heterocycles. The van der Waals surface area contributed by atoms with Crippen LogP contribution in [0.1, 0.15) is 0 Å². The summed E-state index contributed by atoms with van der Waals surface area (Å²) in [5, 5.41) is 0.592. The number of rotatable bonds is 0. The summed E-state index contributed by atoms with van der Waals surface area (Å²) in [6.07, 6.45) is 1.07. The average molecular weight is 164 g/mol. The van der Waals surface area contributed by atoms with Gasteiger partial charge in [0.1, 0.15) is 11.5 Å². The van der Waals surface area contributed by atoms with Gasteiger partial charge >= 0.3 is 0 Å². The minimum atomic E-state index is -0.408. The maximum absolute atomic E-state index is 12.6. The summed E-state index contributed by atoms with van der Waals surface area (Å²) >= 11 is 0. The Hall–Kier alpha value is -1.71. The Morgan fingerprint density at radius 1 is 1.42 bits per heavy atom. The number of fused-ring (bicyclic) bond motifs is 1. The van der Waals surface area contributed by atoms with Gasteiger partial charge in [-0.1, -0.05) is 0 Å². The number of aromatic amines is 1. The van der Waals surface area contributed by atoms with E-state index in [1.807, 2.05) is 0 Å². The van der Waals surface area contributed by atoms with Crippen molar-refractivity contribution in [3.05, 3.63) is 40.6 Å². The largest absolute Gasteiger partial charge is 0.307 e. The van der Waals surface area contributed by atoms with Gasteiger partial charge in [0.05, 0.1) is 6.20 Å².